The van der Waals surface area contributed by atoms with Crippen molar-refractivity contribution in [2.45, 2.75) is 44.6 Å². The maximum Gasteiger partial charge on any atom is 0.320 e. The van der Waals surface area contributed by atoms with Gasteiger partial charge in [0, 0.05) is 28.4 Å². The Bertz CT molecular complexity index is 714. The van der Waals surface area contributed by atoms with E-state index >= 15 is 0 Å². The summed E-state index contributed by atoms with van der Waals surface area (Å²) in [5.41, 5.74) is 8.04. The minimum absolute atomic E-state index is 0.401. The smallest absolute Gasteiger partial charge is 0.320 e. The first-order valence-corrected chi connectivity index (χ1v) is 9.22. The predicted octanol–water partition coefficient (Wildman–Crippen LogP) is 2.63. The largest absolute Gasteiger partial charge is 0.480 e. The number of hydrogen-bond acceptors (Lipinski definition) is 5. The lowest BCUT2D eigenvalue weighted by Crippen LogP contribution is -2.31. The molecule has 1 aliphatic heterocycles. The number of carbonyl (C=O) groups is 1. The van der Waals surface area contributed by atoms with E-state index in [1.54, 1.807) is 11.3 Å². The van der Waals surface area contributed by atoms with Crippen molar-refractivity contribution in [3.63, 3.8) is 0 Å². The van der Waals surface area contributed by atoms with E-state index in [1.165, 1.54) is 16.9 Å². The molecule has 1 aliphatic rings. The molecule has 0 aliphatic carbocycles. The Morgan fingerprint density at radius 2 is 2.12 bits per heavy atom. The predicted molar refractivity (Wildman–Crippen MR) is 96.7 cm³/mol. The van der Waals surface area contributed by atoms with Gasteiger partial charge in [-0.2, -0.15) is 0 Å². The van der Waals surface area contributed by atoms with Crippen LogP contribution in [0.4, 0.5) is 5.82 Å². The monoisotopic (exact) mass is 345 g/mol. The van der Waals surface area contributed by atoms with Crippen LogP contribution in [0, 0.1) is 0 Å². The van der Waals surface area contributed by atoms with Gasteiger partial charge in [0.25, 0.3) is 0 Å². The number of nitrogens with zero attached hydrogens (tertiary/aromatic N) is 1. The third kappa shape index (κ3) is 4.33. The van der Waals surface area contributed by atoms with Gasteiger partial charge in [-0.15, -0.1) is 11.3 Å². The SMILES string of the molecule is N[C@@H](Cc1ccc(CCCc2ccc3c(n2)NCCC3)s1)C(=O)O. The second kappa shape index (κ2) is 7.77. The van der Waals surface area contributed by atoms with Crippen LogP contribution in [0.25, 0.3) is 0 Å². The standard InChI is InChI=1S/C18H23N3O2S/c19-16(18(22)23)11-15-9-8-14(24-15)5-1-4-13-7-6-12-3-2-10-20-17(12)21-13/h6-9,16H,1-5,10-11,19H2,(H,20,21)(H,22,23)/t16-/m0/s1. The van der Waals surface area contributed by atoms with Gasteiger partial charge in [0.1, 0.15) is 11.9 Å². The molecule has 0 amide bonds. The van der Waals surface area contributed by atoms with Crippen LogP contribution >= 0.6 is 11.3 Å². The summed E-state index contributed by atoms with van der Waals surface area (Å²) in [6, 6.07) is 7.58. The number of nitrogens with one attached hydrogen (secondary N) is 1. The lowest BCUT2D eigenvalue weighted by molar-refractivity contribution is -0.138. The Labute approximate surface area is 145 Å². The van der Waals surface area contributed by atoms with Gasteiger partial charge in [-0.3, -0.25) is 4.79 Å². The van der Waals surface area contributed by atoms with Crippen molar-refractivity contribution in [3.05, 3.63) is 45.3 Å². The highest BCUT2D eigenvalue weighted by Gasteiger charge is 2.14. The maximum atomic E-state index is 10.8. The molecule has 5 nitrogen and oxygen atoms in total. The van der Waals surface area contributed by atoms with E-state index in [0.717, 1.165) is 48.6 Å². The summed E-state index contributed by atoms with van der Waals surface area (Å²) in [6.45, 7) is 1.01. The summed E-state index contributed by atoms with van der Waals surface area (Å²) in [5.74, 6) is 0.108. The van der Waals surface area contributed by atoms with Crippen LogP contribution in [0.3, 0.4) is 0 Å². The Morgan fingerprint density at radius 3 is 2.96 bits per heavy atom. The molecule has 3 heterocycles. The summed E-state index contributed by atoms with van der Waals surface area (Å²) < 4.78 is 0. The fourth-order valence-corrected chi connectivity index (χ4v) is 4.04. The Balaban J connectivity index is 1.50. The van der Waals surface area contributed by atoms with Gasteiger partial charge in [0.15, 0.2) is 0 Å². The molecule has 0 fully saturated rings. The van der Waals surface area contributed by atoms with Crippen molar-refractivity contribution in [1.29, 1.82) is 0 Å². The van der Waals surface area contributed by atoms with Crippen molar-refractivity contribution in [2.75, 3.05) is 11.9 Å². The molecule has 0 saturated heterocycles. The van der Waals surface area contributed by atoms with Crippen molar-refractivity contribution in [3.8, 4) is 0 Å². The van der Waals surface area contributed by atoms with Crippen molar-refractivity contribution < 1.29 is 9.90 Å². The van der Waals surface area contributed by atoms with Crippen LogP contribution in [0.15, 0.2) is 24.3 Å². The number of carboxylic acid groups (broad SMARTS) is 1. The number of aromatic nitrogens is 1. The summed E-state index contributed by atoms with van der Waals surface area (Å²) >= 11 is 1.66. The highest BCUT2D eigenvalue weighted by Crippen LogP contribution is 2.22. The fourth-order valence-electron chi connectivity index (χ4n) is 2.92. The molecular formula is C18H23N3O2S. The molecule has 0 unspecified atom stereocenters. The molecule has 6 heteroatoms. The van der Waals surface area contributed by atoms with Gasteiger partial charge in [-0.05, 0) is 55.9 Å². The number of carboxylic acids is 1. The lowest BCUT2D eigenvalue weighted by atomic mass is 10.1. The van der Waals surface area contributed by atoms with E-state index < -0.39 is 12.0 Å². The zero-order valence-electron chi connectivity index (χ0n) is 13.6. The maximum absolute atomic E-state index is 10.8. The van der Waals surface area contributed by atoms with E-state index in [-0.39, 0.29) is 0 Å². The van der Waals surface area contributed by atoms with E-state index in [4.69, 9.17) is 15.8 Å². The van der Waals surface area contributed by atoms with Gasteiger partial charge in [-0.1, -0.05) is 6.07 Å². The number of aryl methyl sites for hydroxylation is 3. The number of fused-ring (bicyclic) bond motifs is 1. The summed E-state index contributed by atoms with van der Waals surface area (Å²) in [6.07, 6.45) is 5.68. The van der Waals surface area contributed by atoms with Crippen LogP contribution < -0.4 is 11.1 Å². The molecule has 2 aromatic rings. The number of anilines is 1. The minimum Gasteiger partial charge on any atom is -0.480 e. The molecule has 0 saturated carbocycles. The molecule has 128 valence electrons. The number of aliphatic carboxylic acids is 1. The van der Waals surface area contributed by atoms with Gasteiger partial charge < -0.3 is 16.2 Å². The van der Waals surface area contributed by atoms with Crippen LogP contribution in [-0.2, 0) is 30.5 Å². The van der Waals surface area contributed by atoms with Gasteiger partial charge in [-0.25, -0.2) is 4.98 Å². The van der Waals surface area contributed by atoms with Crippen LogP contribution in [0.5, 0.6) is 0 Å². The summed E-state index contributed by atoms with van der Waals surface area (Å²) in [7, 11) is 0. The summed E-state index contributed by atoms with van der Waals surface area (Å²) in [4.78, 5) is 17.8. The van der Waals surface area contributed by atoms with E-state index in [0.29, 0.717) is 6.42 Å². The minimum atomic E-state index is -0.947. The average molecular weight is 345 g/mol. The van der Waals surface area contributed by atoms with E-state index in [1.807, 2.05) is 6.07 Å². The van der Waals surface area contributed by atoms with Gasteiger partial charge in [0.2, 0.25) is 0 Å². The first-order valence-electron chi connectivity index (χ1n) is 8.40. The molecular weight excluding hydrogens is 322 g/mol. The number of thiophene rings is 1. The summed E-state index contributed by atoms with van der Waals surface area (Å²) in [5, 5.41) is 12.2. The highest BCUT2D eigenvalue weighted by molar-refractivity contribution is 7.12. The molecule has 2 aromatic heterocycles. The Morgan fingerprint density at radius 1 is 1.29 bits per heavy atom. The molecule has 1 atom stereocenters. The quantitative estimate of drug-likeness (QED) is 0.718. The van der Waals surface area contributed by atoms with Crippen molar-refractivity contribution in [2.24, 2.45) is 5.73 Å². The fraction of sp³-hybridized carbons (Fsp3) is 0.444. The molecule has 4 N–H and O–H groups in total. The molecule has 0 spiro atoms. The molecule has 0 aromatic carbocycles. The normalized spacial score (nSPS) is 14.7. The molecule has 0 radical (unpaired) electrons. The third-order valence-corrected chi connectivity index (χ3v) is 5.43. The number of nitrogens with two attached hydrogens (primary N) is 1. The second-order valence-electron chi connectivity index (χ2n) is 6.21. The topological polar surface area (TPSA) is 88.2 Å². The van der Waals surface area contributed by atoms with Crippen LogP contribution in [0.1, 0.15) is 33.9 Å². The van der Waals surface area contributed by atoms with E-state index in [9.17, 15) is 4.79 Å². The zero-order chi connectivity index (χ0) is 16.9. The molecule has 0 bridgehead atoms. The lowest BCUT2D eigenvalue weighted by Gasteiger charge is -2.17. The number of hydrogen-bond donors (Lipinski definition) is 3. The highest BCUT2D eigenvalue weighted by atomic mass is 32.1. The van der Waals surface area contributed by atoms with Crippen LogP contribution in [-0.4, -0.2) is 28.6 Å². The Hall–Kier alpha value is -1.92. The van der Waals surface area contributed by atoms with E-state index in [2.05, 4.69) is 23.5 Å². The first kappa shape index (κ1) is 16.9. The average Bonchev–Trinajstić information content (AvgIpc) is 3.02. The molecule has 3 rings (SSSR count). The van der Waals surface area contributed by atoms with Crippen molar-refractivity contribution in [1.82, 2.24) is 4.98 Å². The first-order chi connectivity index (χ1) is 11.6. The molecule has 24 heavy (non-hydrogen) atoms. The zero-order valence-corrected chi connectivity index (χ0v) is 14.4. The Kier molecular flexibility index (Phi) is 5.48. The van der Waals surface area contributed by atoms with Gasteiger partial charge in [0.05, 0.1) is 0 Å². The number of rotatable bonds is 7. The third-order valence-electron chi connectivity index (χ3n) is 4.26. The van der Waals surface area contributed by atoms with Crippen molar-refractivity contribution >= 4 is 23.1 Å². The van der Waals surface area contributed by atoms with Crippen LogP contribution in [0.2, 0.25) is 0 Å². The van der Waals surface area contributed by atoms with Gasteiger partial charge >= 0.3 is 5.97 Å². The number of pyridine rings is 1. The second-order valence-corrected chi connectivity index (χ2v) is 7.46.